The zero-order valence-electron chi connectivity index (χ0n) is 8.56. The molecule has 4 heteroatoms. The molecule has 0 aliphatic carbocycles. The predicted molar refractivity (Wildman–Crippen MR) is 56.2 cm³/mol. The van der Waals surface area contributed by atoms with Gasteiger partial charge in [0.05, 0.1) is 14.2 Å². The van der Waals surface area contributed by atoms with Gasteiger partial charge in [0.15, 0.2) is 0 Å². The molecule has 0 spiro atoms. The minimum Gasteiger partial charge on any atom is -0.497 e. The van der Waals surface area contributed by atoms with Gasteiger partial charge in [-0.2, -0.15) is 0 Å². The fraction of sp³-hybridized carbons (Fsp3) is 0.182. The van der Waals surface area contributed by atoms with Crippen LogP contribution in [0.5, 0.6) is 11.5 Å². The molecule has 15 heavy (non-hydrogen) atoms. The summed E-state index contributed by atoms with van der Waals surface area (Å²) >= 11 is 0. The number of carbonyl (C=O) groups is 1. The van der Waals surface area contributed by atoms with E-state index in [0.29, 0.717) is 17.1 Å². The molecule has 0 unspecified atom stereocenters. The Kier molecular flexibility index (Phi) is 3.74. The lowest BCUT2D eigenvalue weighted by molar-refractivity contribution is -0.131. The van der Waals surface area contributed by atoms with Crippen molar-refractivity contribution < 1.29 is 19.4 Å². The van der Waals surface area contributed by atoms with Gasteiger partial charge in [0.25, 0.3) is 0 Å². The van der Waals surface area contributed by atoms with Gasteiger partial charge in [-0.1, -0.05) is 0 Å². The molecule has 0 aromatic heterocycles. The summed E-state index contributed by atoms with van der Waals surface area (Å²) in [5.41, 5.74) is 0.666. The molecule has 0 atom stereocenters. The molecule has 0 saturated carbocycles. The average molecular weight is 208 g/mol. The van der Waals surface area contributed by atoms with E-state index < -0.39 is 5.97 Å². The second-order valence-electron chi connectivity index (χ2n) is 2.78. The molecular weight excluding hydrogens is 196 g/mol. The van der Waals surface area contributed by atoms with E-state index in [-0.39, 0.29) is 0 Å². The molecular formula is C11H12O4. The van der Waals surface area contributed by atoms with Crippen LogP contribution in [0.3, 0.4) is 0 Å². The molecule has 0 bridgehead atoms. The fourth-order valence-electron chi connectivity index (χ4n) is 1.13. The van der Waals surface area contributed by atoms with Crippen LogP contribution >= 0.6 is 0 Å². The molecule has 0 radical (unpaired) electrons. The number of hydrogen-bond acceptors (Lipinski definition) is 3. The molecule has 4 nitrogen and oxygen atoms in total. The van der Waals surface area contributed by atoms with Gasteiger partial charge in [0.2, 0.25) is 0 Å². The standard InChI is InChI=1S/C11H12O4/c1-14-9-4-5-10(15-2)8(7-9)3-6-11(12)13/h3-7H,1-2H3,(H,12,13)/b6-3+. The van der Waals surface area contributed by atoms with Crippen LogP contribution in [0, 0.1) is 0 Å². The highest BCUT2D eigenvalue weighted by Gasteiger charge is 2.02. The normalized spacial score (nSPS) is 10.3. The Bertz CT molecular complexity index is 382. The van der Waals surface area contributed by atoms with Gasteiger partial charge in [-0.25, -0.2) is 4.79 Å². The van der Waals surface area contributed by atoms with Gasteiger partial charge in [-0.05, 0) is 24.3 Å². The molecule has 0 saturated heterocycles. The summed E-state index contributed by atoms with van der Waals surface area (Å²) in [5, 5.41) is 8.51. The van der Waals surface area contributed by atoms with E-state index in [0.717, 1.165) is 6.08 Å². The zero-order valence-corrected chi connectivity index (χ0v) is 8.56. The van der Waals surface area contributed by atoms with E-state index in [1.807, 2.05) is 0 Å². The number of hydrogen-bond donors (Lipinski definition) is 1. The summed E-state index contributed by atoms with van der Waals surface area (Å²) in [4.78, 5) is 10.4. The lowest BCUT2D eigenvalue weighted by Gasteiger charge is -2.06. The zero-order chi connectivity index (χ0) is 11.3. The van der Waals surface area contributed by atoms with Gasteiger partial charge >= 0.3 is 5.97 Å². The van der Waals surface area contributed by atoms with Crippen LogP contribution in [0.25, 0.3) is 6.08 Å². The molecule has 0 aliphatic rings. The Morgan fingerprint density at radius 3 is 2.60 bits per heavy atom. The van der Waals surface area contributed by atoms with Crippen molar-refractivity contribution in [1.29, 1.82) is 0 Å². The van der Waals surface area contributed by atoms with Crippen molar-refractivity contribution in [3.05, 3.63) is 29.8 Å². The molecule has 0 heterocycles. The largest absolute Gasteiger partial charge is 0.497 e. The first-order chi connectivity index (χ1) is 7.17. The number of ether oxygens (including phenoxy) is 2. The highest BCUT2D eigenvalue weighted by Crippen LogP contribution is 2.24. The first kappa shape index (κ1) is 11.1. The minimum absolute atomic E-state index is 0.605. The minimum atomic E-state index is -1.00. The van der Waals surface area contributed by atoms with E-state index in [1.165, 1.54) is 13.2 Å². The third-order valence-electron chi connectivity index (χ3n) is 1.84. The maximum Gasteiger partial charge on any atom is 0.328 e. The molecule has 0 amide bonds. The molecule has 80 valence electrons. The van der Waals surface area contributed by atoms with Crippen LogP contribution in [0.15, 0.2) is 24.3 Å². The van der Waals surface area contributed by atoms with Gasteiger partial charge in [-0.3, -0.25) is 0 Å². The monoisotopic (exact) mass is 208 g/mol. The van der Waals surface area contributed by atoms with Gasteiger partial charge < -0.3 is 14.6 Å². The lowest BCUT2D eigenvalue weighted by atomic mass is 10.1. The average Bonchev–Trinajstić information content (AvgIpc) is 2.25. The van der Waals surface area contributed by atoms with Crippen LogP contribution in [0.2, 0.25) is 0 Å². The summed E-state index contributed by atoms with van der Waals surface area (Å²) in [6, 6.07) is 5.18. The van der Waals surface area contributed by atoms with Crippen LogP contribution in [0.4, 0.5) is 0 Å². The molecule has 1 aromatic rings. The summed E-state index contributed by atoms with van der Waals surface area (Å²) in [6.07, 6.45) is 2.51. The van der Waals surface area contributed by atoms with E-state index in [1.54, 1.807) is 25.3 Å². The molecule has 1 rings (SSSR count). The fourth-order valence-corrected chi connectivity index (χ4v) is 1.13. The van der Waals surface area contributed by atoms with Crippen molar-refractivity contribution in [2.24, 2.45) is 0 Å². The van der Waals surface area contributed by atoms with Crippen LogP contribution < -0.4 is 9.47 Å². The van der Waals surface area contributed by atoms with Crippen molar-refractivity contribution in [3.8, 4) is 11.5 Å². The third kappa shape index (κ3) is 3.02. The van der Waals surface area contributed by atoms with E-state index in [2.05, 4.69) is 0 Å². The molecule has 0 aliphatic heterocycles. The highest BCUT2D eigenvalue weighted by molar-refractivity contribution is 5.86. The summed E-state index contributed by atoms with van der Waals surface area (Å²) in [7, 11) is 3.08. The van der Waals surface area contributed by atoms with Crippen molar-refractivity contribution in [3.63, 3.8) is 0 Å². The maximum atomic E-state index is 10.4. The molecule has 0 fully saturated rings. The summed E-state index contributed by atoms with van der Waals surface area (Å²) < 4.78 is 10.1. The number of carboxylic acid groups (broad SMARTS) is 1. The second-order valence-corrected chi connectivity index (χ2v) is 2.78. The summed E-state index contributed by atoms with van der Waals surface area (Å²) in [6.45, 7) is 0. The van der Waals surface area contributed by atoms with Crippen LogP contribution in [0.1, 0.15) is 5.56 Å². The number of aliphatic carboxylic acids is 1. The Morgan fingerprint density at radius 2 is 2.07 bits per heavy atom. The molecule has 1 N–H and O–H groups in total. The topological polar surface area (TPSA) is 55.8 Å². The highest BCUT2D eigenvalue weighted by atomic mass is 16.5. The second kappa shape index (κ2) is 5.05. The number of carboxylic acids is 1. The van der Waals surface area contributed by atoms with E-state index in [4.69, 9.17) is 14.6 Å². The maximum absolute atomic E-state index is 10.4. The predicted octanol–water partition coefficient (Wildman–Crippen LogP) is 1.80. The van der Waals surface area contributed by atoms with Gasteiger partial charge in [0, 0.05) is 11.6 Å². The number of methoxy groups -OCH3 is 2. The smallest absolute Gasteiger partial charge is 0.328 e. The van der Waals surface area contributed by atoms with E-state index in [9.17, 15) is 4.79 Å². The Morgan fingerprint density at radius 1 is 1.33 bits per heavy atom. The van der Waals surface area contributed by atoms with Crippen molar-refractivity contribution in [2.75, 3.05) is 14.2 Å². The lowest BCUT2D eigenvalue weighted by Crippen LogP contribution is -1.91. The van der Waals surface area contributed by atoms with Crippen LogP contribution in [-0.4, -0.2) is 25.3 Å². The first-order valence-corrected chi connectivity index (χ1v) is 4.30. The van der Waals surface area contributed by atoms with Crippen molar-refractivity contribution in [1.82, 2.24) is 0 Å². The van der Waals surface area contributed by atoms with Crippen molar-refractivity contribution in [2.45, 2.75) is 0 Å². The Balaban J connectivity index is 3.06. The third-order valence-corrected chi connectivity index (χ3v) is 1.84. The first-order valence-electron chi connectivity index (χ1n) is 4.30. The van der Waals surface area contributed by atoms with E-state index >= 15 is 0 Å². The quantitative estimate of drug-likeness (QED) is 0.766. The van der Waals surface area contributed by atoms with Crippen molar-refractivity contribution >= 4 is 12.0 Å². The van der Waals surface area contributed by atoms with Gasteiger partial charge in [0.1, 0.15) is 11.5 Å². The number of benzene rings is 1. The number of rotatable bonds is 4. The Labute approximate surface area is 87.7 Å². The SMILES string of the molecule is COc1ccc(OC)c(/C=C/C(=O)O)c1. The van der Waals surface area contributed by atoms with Gasteiger partial charge in [-0.15, -0.1) is 0 Å². The van der Waals surface area contributed by atoms with Crippen LogP contribution in [-0.2, 0) is 4.79 Å². The molecule has 1 aromatic carbocycles. The summed E-state index contributed by atoms with van der Waals surface area (Å²) in [5.74, 6) is 0.258. The Hall–Kier alpha value is -1.97.